The van der Waals surface area contributed by atoms with Crippen LogP contribution in [0.5, 0.6) is 5.75 Å². The highest BCUT2D eigenvalue weighted by Crippen LogP contribution is 2.22. The molecule has 0 radical (unpaired) electrons. The minimum absolute atomic E-state index is 0. The Balaban J connectivity index is 0.00000320. The summed E-state index contributed by atoms with van der Waals surface area (Å²) in [6.07, 6.45) is 2.09. The van der Waals surface area contributed by atoms with Crippen LogP contribution in [0.25, 0.3) is 0 Å². The lowest BCUT2D eigenvalue weighted by atomic mass is 9.96. The fourth-order valence-corrected chi connectivity index (χ4v) is 3.79. The van der Waals surface area contributed by atoms with Crippen molar-refractivity contribution in [1.82, 2.24) is 15.5 Å². The Kier molecular flexibility index (Phi) is 9.15. The Labute approximate surface area is 184 Å². The average molecular weight is 432 g/mol. The molecule has 3 rings (SSSR count). The lowest BCUT2D eigenvalue weighted by Gasteiger charge is -2.35. The summed E-state index contributed by atoms with van der Waals surface area (Å²) in [5, 5.41) is 6.15. The number of carbonyl (C=O) groups excluding carboxylic acids is 2. The Morgan fingerprint density at radius 3 is 2.47 bits per heavy atom. The molecule has 7 heteroatoms. The molecule has 1 aliphatic heterocycles. The first-order chi connectivity index (χ1) is 14.1. The quantitative estimate of drug-likeness (QED) is 0.706. The van der Waals surface area contributed by atoms with Gasteiger partial charge in [0.2, 0.25) is 5.91 Å². The normalized spacial score (nSPS) is 16.9. The van der Waals surface area contributed by atoms with Crippen LogP contribution in [0.1, 0.15) is 34.8 Å². The fourth-order valence-electron chi connectivity index (χ4n) is 3.79. The predicted molar refractivity (Wildman–Crippen MR) is 120 cm³/mol. The van der Waals surface area contributed by atoms with Gasteiger partial charge >= 0.3 is 0 Å². The molecule has 0 aliphatic carbocycles. The second-order valence-electron chi connectivity index (χ2n) is 7.40. The van der Waals surface area contributed by atoms with Gasteiger partial charge < -0.3 is 20.3 Å². The van der Waals surface area contributed by atoms with Crippen LogP contribution in [0.3, 0.4) is 0 Å². The van der Waals surface area contributed by atoms with E-state index in [4.69, 9.17) is 4.74 Å². The Hall–Kier alpha value is -2.57. The molecular weight excluding hydrogens is 402 g/mol. The summed E-state index contributed by atoms with van der Waals surface area (Å²) in [5.41, 5.74) is 1.28. The summed E-state index contributed by atoms with van der Waals surface area (Å²) in [6.45, 7) is 2.32. The van der Waals surface area contributed by atoms with Crippen LogP contribution in [-0.2, 0) is 4.79 Å². The van der Waals surface area contributed by atoms with Gasteiger partial charge in [0.25, 0.3) is 5.91 Å². The molecule has 1 fully saturated rings. The summed E-state index contributed by atoms with van der Waals surface area (Å²) in [7, 11) is 3.52. The van der Waals surface area contributed by atoms with Crippen molar-refractivity contribution in [2.45, 2.75) is 18.9 Å². The number of hydrogen-bond donors (Lipinski definition) is 2. The van der Waals surface area contributed by atoms with Gasteiger partial charge in [-0.25, -0.2) is 0 Å². The highest BCUT2D eigenvalue weighted by Gasteiger charge is 2.31. The van der Waals surface area contributed by atoms with Crippen molar-refractivity contribution < 1.29 is 14.3 Å². The van der Waals surface area contributed by atoms with Crippen molar-refractivity contribution in [3.8, 4) is 5.75 Å². The number of halogens is 1. The summed E-state index contributed by atoms with van der Waals surface area (Å²) >= 11 is 0. The Bertz CT molecular complexity index is 812. The largest absolute Gasteiger partial charge is 0.497 e. The van der Waals surface area contributed by atoms with E-state index in [0.717, 1.165) is 31.5 Å². The predicted octanol–water partition coefficient (Wildman–Crippen LogP) is 3.05. The van der Waals surface area contributed by atoms with Crippen LogP contribution in [0.15, 0.2) is 54.6 Å². The van der Waals surface area contributed by atoms with E-state index in [1.807, 2.05) is 42.3 Å². The van der Waals surface area contributed by atoms with Gasteiger partial charge in [-0.2, -0.15) is 0 Å². The smallest absolute Gasteiger partial charge is 0.252 e. The van der Waals surface area contributed by atoms with Gasteiger partial charge in [-0.15, -0.1) is 12.4 Å². The second-order valence-corrected chi connectivity index (χ2v) is 7.40. The van der Waals surface area contributed by atoms with Crippen molar-refractivity contribution in [2.24, 2.45) is 5.92 Å². The highest BCUT2D eigenvalue weighted by molar-refractivity contribution is 5.98. The van der Waals surface area contributed by atoms with E-state index in [0.29, 0.717) is 23.8 Å². The van der Waals surface area contributed by atoms with Crippen molar-refractivity contribution >= 4 is 24.2 Å². The topological polar surface area (TPSA) is 70.7 Å². The maximum Gasteiger partial charge on any atom is 0.252 e. The van der Waals surface area contributed by atoms with Crippen molar-refractivity contribution in [3.63, 3.8) is 0 Å². The van der Waals surface area contributed by atoms with Gasteiger partial charge in [-0.1, -0.05) is 30.3 Å². The molecular formula is C23H30ClN3O3. The molecule has 2 aromatic rings. The maximum atomic E-state index is 13.4. The van der Waals surface area contributed by atoms with Crippen LogP contribution in [0, 0.1) is 5.92 Å². The Morgan fingerprint density at radius 1 is 1.13 bits per heavy atom. The van der Waals surface area contributed by atoms with Gasteiger partial charge in [0.1, 0.15) is 11.8 Å². The standard InChI is InChI=1S/C23H29N3O3.ClH/c1-24-15-17-7-6-14-26(16-17)23(28)21(18-8-4-3-5-9-18)25-22(27)19-10-12-20(29-2)13-11-19;/h3-5,8-13,17,21,24H,6-7,14-16H2,1-2H3,(H,25,27);1H. The molecule has 2 N–H and O–H groups in total. The molecule has 2 aromatic carbocycles. The lowest BCUT2D eigenvalue weighted by Crippen LogP contribution is -2.48. The van der Waals surface area contributed by atoms with E-state index in [9.17, 15) is 9.59 Å². The maximum absolute atomic E-state index is 13.4. The summed E-state index contributed by atoms with van der Waals surface area (Å²) < 4.78 is 5.15. The van der Waals surface area contributed by atoms with Gasteiger partial charge in [0.05, 0.1) is 7.11 Å². The molecule has 1 saturated heterocycles. The number of amides is 2. The van der Waals surface area contributed by atoms with Crippen molar-refractivity contribution in [1.29, 1.82) is 0 Å². The van der Waals surface area contributed by atoms with E-state index in [1.165, 1.54) is 0 Å². The zero-order chi connectivity index (χ0) is 20.6. The average Bonchev–Trinajstić information content (AvgIpc) is 2.78. The number of likely N-dealkylation sites (tertiary alicyclic amines) is 1. The molecule has 6 nitrogen and oxygen atoms in total. The molecule has 0 spiro atoms. The number of ether oxygens (including phenoxy) is 1. The van der Waals surface area contributed by atoms with Gasteiger partial charge in [0.15, 0.2) is 0 Å². The SMILES string of the molecule is CNCC1CCCN(C(=O)C(NC(=O)c2ccc(OC)cc2)c2ccccc2)C1.Cl. The molecule has 162 valence electrons. The van der Waals surface area contributed by atoms with E-state index in [-0.39, 0.29) is 24.2 Å². The number of carbonyl (C=O) groups is 2. The molecule has 2 unspecified atom stereocenters. The molecule has 2 amide bonds. The van der Waals surface area contributed by atoms with Gasteiger partial charge in [-0.3, -0.25) is 9.59 Å². The van der Waals surface area contributed by atoms with Gasteiger partial charge in [-0.05, 0) is 62.2 Å². The molecule has 0 saturated carbocycles. The zero-order valence-electron chi connectivity index (χ0n) is 17.5. The van der Waals surface area contributed by atoms with Crippen molar-refractivity contribution in [3.05, 3.63) is 65.7 Å². The molecule has 1 aliphatic rings. The van der Waals surface area contributed by atoms with Crippen LogP contribution in [0.2, 0.25) is 0 Å². The van der Waals surface area contributed by atoms with Crippen LogP contribution in [-0.4, -0.2) is 50.5 Å². The third-order valence-electron chi connectivity index (χ3n) is 5.33. The third-order valence-corrected chi connectivity index (χ3v) is 5.33. The number of nitrogens with one attached hydrogen (secondary N) is 2. The minimum atomic E-state index is -0.709. The summed E-state index contributed by atoms with van der Waals surface area (Å²) in [5.74, 6) is 0.782. The van der Waals surface area contributed by atoms with Crippen LogP contribution < -0.4 is 15.4 Å². The molecule has 30 heavy (non-hydrogen) atoms. The Morgan fingerprint density at radius 2 is 1.83 bits per heavy atom. The van der Waals surface area contributed by atoms with Gasteiger partial charge in [0, 0.05) is 18.7 Å². The summed E-state index contributed by atoms with van der Waals surface area (Å²) in [4.78, 5) is 28.1. The fraction of sp³-hybridized carbons (Fsp3) is 0.391. The van der Waals surface area contributed by atoms with E-state index in [2.05, 4.69) is 10.6 Å². The minimum Gasteiger partial charge on any atom is -0.497 e. The van der Waals surface area contributed by atoms with Crippen LogP contribution in [0.4, 0.5) is 0 Å². The number of methoxy groups -OCH3 is 1. The number of piperidine rings is 1. The number of hydrogen-bond acceptors (Lipinski definition) is 4. The molecule has 0 aromatic heterocycles. The zero-order valence-corrected chi connectivity index (χ0v) is 18.3. The monoisotopic (exact) mass is 431 g/mol. The lowest BCUT2D eigenvalue weighted by molar-refractivity contribution is -0.135. The first kappa shape index (κ1) is 23.7. The molecule has 1 heterocycles. The first-order valence-corrected chi connectivity index (χ1v) is 10.1. The summed E-state index contributed by atoms with van der Waals surface area (Å²) in [6, 6.07) is 15.6. The number of rotatable bonds is 7. The number of nitrogens with zero attached hydrogens (tertiary/aromatic N) is 1. The van der Waals surface area contributed by atoms with Crippen molar-refractivity contribution in [2.75, 3.05) is 33.8 Å². The molecule has 2 atom stereocenters. The number of benzene rings is 2. The highest BCUT2D eigenvalue weighted by atomic mass is 35.5. The van der Waals surface area contributed by atoms with E-state index < -0.39 is 6.04 Å². The third kappa shape index (κ3) is 5.97. The molecule has 0 bridgehead atoms. The first-order valence-electron chi connectivity index (χ1n) is 10.1. The van der Waals surface area contributed by atoms with E-state index >= 15 is 0 Å². The second kappa shape index (κ2) is 11.6. The van der Waals surface area contributed by atoms with E-state index in [1.54, 1.807) is 31.4 Å². The van der Waals surface area contributed by atoms with Crippen LogP contribution >= 0.6 is 12.4 Å².